The smallest absolute Gasteiger partial charge is 0.00745 e. The van der Waals surface area contributed by atoms with Crippen molar-refractivity contribution in [1.29, 1.82) is 0 Å². The maximum atomic E-state index is 3.20. The van der Waals surface area contributed by atoms with Crippen molar-refractivity contribution < 1.29 is 0 Å². The van der Waals surface area contributed by atoms with Crippen LogP contribution in [0.15, 0.2) is 0 Å². The number of rotatable bonds is 9. The predicted octanol–water partition coefficient (Wildman–Crippen LogP) is 2.45. The minimum absolute atomic E-state index is 0.704. The second-order valence-corrected chi connectivity index (χ2v) is 5.38. The van der Waals surface area contributed by atoms with Crippen LogP contribution in [0.4, 0.5) is 0 Å². The van der Waals surface area contributed by atoms with Crippen molar-refractivity contribution in [3.8, 4) is 0 Å². The number of thioether (sulfide) groups is 1. The first kappa shape index (κ1) is 15.3. The van der Waals surface area contributed by atoms with Crippen LogP contribution in [0.5, 0.6) is 0 Å². The lowest BCUT2D eigenvalue weighted by Crippen LogP contribution is -2.37. The molecule has 0 aromatic rings. The molecule has 0 saturated heterocycles. The van der Waals surface area contributed by atoms with Gasteiger partial charge in [-0.1, -0.05) is 0 Å². The number of nitrogens with zero attached hydrogens (tertiary/aromatic N) is 1. The molecule has 2 nitrogen and oxygen atoms in total. The molecule has 0 aliphatic carbocycles. The molecule has 0 spiro atoms. The van der Waals surface area contributed by atoms with Gasteiger partial charge in [-0.25, -0.2) is 0 Å². The van der Waals surface area contributed by atoms with Crippen molar-refractivity contribution in [3.05, 3.63) is 0 Å². The topological polar surface area (TPSA) is 15.3 Å². The van der Waals surface area contributed by atoms with Crippen LogP contribution < -0.4 is 5.32 Å². The van der Waals surface area contributed by atoms with Gasteiger partial charge in [0.2, 0.25) is 0 Å². The van der Waals surface area contributed by atoms with E-state index < -0.39 is 0 Å². The third-order valence-corrected chi connectivity index (χ3v) is 3.82. The van der Waals surface area contributed by atoms with Crippen LogP contribution >= 0.6 is 11.8 Å². The largest absolute Gasteiger partial charge is 0.320 e. The lowest BCUT2D eigenvalue weighted by Gasteiger charge is -2.30. The summed E-state index contributed by atoms with van der Waals surface area (Å²) in [6, 6.07) is 1.41. The summed E-state index contributed by atoms with van der Waals surface area (Å²) in [7, 11) is 4.28. The summed E-state index contributed by atoms with van der Waals surface area (Å²) >= 11 is 1.94. The maximum Gasteiger partial charge on any atom is 0.00745 e. The van der Waals surface area contributed by atoms with E-state index in [2.05, 4.69) is 37.4 Å². The van der Waals surface area contributed by atoms with Gasteiger partial charge in [0.15, 0.2) is 0 Å². The van der Waals surface area contributed by atoms with Crippen molar-refractivity contribution in [2.24, 2.45) is 0 Å². The second-order valence-electron chi connectivity index (χ2n) is 4.39. The van der Waals surface area contributed by atoms with E-state index in [1.54, 1.807) is 0 Å². The summed E-state index contributed by atoms with van der Waals surface area (Å²) in [6.07, 6.45) is 6.05. The molecule has 0 aromatic heterocycles. The zero-order valence-electron chi connectivity index (χ0n) is 11.0. The Labute approximate surface area is 100 Å². The van der Waals surface area contributed by atoms with Crippen LogP contribution in [-0.4, -0.2) is 49.6 Å². The lowest BCUT2D eigenvalue weighted by molar-refractivity contribution is 0.182. The van der Waals surface area contributed by atoms with E-state index >= 15 is 0 Å². The van der Waals surface area contributed by atoms with Crippen LogP contribution in [0.3, 0.4) is 0 Å². The molecule has 3 heteroatoms. The lowest BCUT2D eigenvalue weighted by atomic mass is 10.1. The zero-order valence-corrected chi connectivity index (χ0v) is 11.9. The quantitative estimate of drug-likeness (QED) is 0.615. The Kier molecular flexibility index (Phi) is 9.66. The van der Waals surface area contributed by atoms with Gasteiger partial charge in [0.05, 0.1) is 0 Å². The van der Waals surface area contributed by atoms with Gasteiger partial charge in [-0.05, 0) is 65.8 Å². The van der Waals surface area contributed by atoms with E-state index in [0.717, 1.165) is 6.54 Å². The van der Waals surface area contributed by atoms with Crippen LogP contribution in [-0.2, 0) is 0 Å². The van der Waals surface area contributed by atoms with Crippen LogP contribution in [0, 0.1) is 0 Å². The SMILES string of the molecule is CNCCCC(C)N(C)C(C)CCSC. The number of hydrogen-bond acceptors (Lipinski definition) is 3. The summed E-state index contributed by atoms with van der Waals surface area (Å²) < 4.78 is 0. The Hall–Kier alpha value is 0.270. The number of hydrogen-bond donors (Lipinski definition) is 1. The van der Waals surface area contributed by atoms with Gasteiger partial charge >= 0.3 is 0 Å². The fourth-order valence-corrected chi connectivity index (χ4v) is 2.28. The third-order valence-electron chi connectivity index (χ3n) is 3.18. The highest BCUT2D eigenvalue weighted by Gasteiger charge is 2.14. The summed E-state index contributed by atoms with van der Waals surface area (Å²) in [5.74, 6) is 1.27. The zero-order chi connectivity index (χ0) is 11.7. The minimum atomic E-state index is 0.704. The third kappa shape index (κ3) is 7.20. The van der Waals surface area contributed by atoms with Gasteiger partial charge in [0.1, 0.15) is 0 Å². The van der Waals surface area contributed by atoms with Crippen molar-refractivity contribution in [2.75, 3.05) is 32.6 Å². The predicted molar refractivity (Wildman–Crippen MR) is 72.8 cm³/mol. The fourth-order valence-electron chi connectivity index (χ4n) is 1.70. The normalized spacial score (nSPS) is 15.6. The van der Waals surface area contributed by atoms with Crippen LogP contribution in [0.25, 0.3) is 0 Å². The molecular weight excluding hydrogens is 204 g/mol. The molecule has 0 heterocycles. The van der Waals surface area contributed by atoms with E-state index in [9.17, 15) is 0 Å². The van der Waals surface area contributed by atoms with Crippen LogP contribution in [0.1, 0.15) is 33.1 Å². The maximum absolute atomic E-state index is 3.20. The molecule has 1 N–H and O–H groups in total. The summed E-state index contributed by atoms with van der Waals surface area (Å²) in [5, 5.41) is 3.20. The summed E-state index contributed by atoms with van der Waals surface area (Å²) in [6.45, 7) is 5.81. The molecule has 2 atom stereocenters. The van der Waals surface area contributed by atoms with Gasteiger partial charge in [0.25, 0.3) is 0 Å². The molecular formula is C12H28N2S. The van der Waals surface area contributed by atoms with E-state index in [4.69, 9.17) is 0 Å². The van der Waals surface area contributed by atoms with Gasteiger partial charge < -0.3 is 10.2 Å². The Morgan fingerprint density at radius 2 is 1.80 bits per heavy atom. The molecule has 0 fully saturated rings. The number of nitrogens with one attached hydrogen (secondary N) is 1. The molecule has 92 valence electrons. The van der Waals surface area contributed by atoms with Gasteiger partial charge in [0, 0.05) is 12.1 Å². The highest BCUT2D eigenvalue weighted by molar-refractivity contribution is 7.98. The first-order chi connectivity index (χ1) is 7.13. The molecule has 0 radical (unpaired) electrons. The summed E-state index contributed by atoms with van der Waals surface area (Å²) in [5.41, 5.74) is 0. The molecule has 2 unspecified atom stereocenters. The molecule has 0 amide bonds. The van der Waals surface area contributed by atoms with Gasteiger partial charge in [-0.2, -0.15) is 11.8 Å². The average molecular weight is 232 g/mol. The van der Waals surface area contributed by atoms with E-state index in [1.807, 2.05) is 18.8 Å². The second kappa shape index (κ2) is 9.49. The monoisotopic (exact) mass is 232 g/mol. The van der Waals surface area contributed by atoms with E-state index in [0.29, 0.717) is 12.1 Å². The first-order valence-corrected chi connectivity index (χ1v) is 7.38. The standard InChI is InChI=1S/C12H28N2S/c1-11(7-6-9-13-3)14(4)12(2)8-10-15-5/h11-13H,6-10H2,1-5H3. The summed E-state index contributed by atoms with van der Waals surface area (Å²) in [4.78, 5) is 2.52. The molecule has 0 aliphatic heterocycles. The molecule has 0 aromatic carbocycles. The minimum Gasteiger partial charge on any atom is -0.320 e. The fraction of sp³-hybridized carbons (Fsp3) is 1.00. The Morgan fingerprint density at radius 3 is 2.33 bits per heavy atom. The highest BCUT2D eigenvalue weighted by Crippen LogP contribution is 2.12. The molecule has 0 rings (SSSR count). The van der Waals surface area contributed by atoms with Crippen molar-refractivity contribution in [1.82, 2.24) is 10.2 Å². The molecule has 0 saturated carbocycles. The van der Waals surface area contributed by atoms with Crippen LogP contribution in [0.2, 0.25) is 0 Å². The Morgan fingerprint density at radius 1 is 1.20 bits per heavy atom. The Bertz CT molecular complexity index is 142. The van der Waals surface area contributed by atoms with E-state index in [-0.39, 0.29) is 0 Å². The van der Waals surface area contributed by atoms with Crippen molar-refractivity contribution in [3.63, 3.8) is 0 Å². The highest BCUT2D eigenvalue weighted by atomic mass is 32.2. The molecule has 0 bridgehead atoms. The first-order valence-electron chi connectivity index (χ1n) is 5.99. The van der Waals surface area contributed by atoms with Crippen molar-refractivity contribution in [2.45, 2.75) is 45.2 Å². The Balaban J connectivity index is 3.69. The van der Waals surface area contributed by atoms with Gasteiger partial charge in [-0.15, -0.1) is 0 Å². The average Bonchev–Trinajstić information content (AvgIpc) is 2.24. The van der Waals surface area contributed by atoms with E-state index in [1.165, 1.54) is 25.0 Å². The molecule has 0 aliphatic rings. The van der Waals surface area contributed by atoms with Crippen molar-refractivity contribution >= 4 is 11.8 Å². The molecule has 15 heavy (non-hydrogen) atoms. The van der Waals surface area contributed by atoms with Gasteiger partial charge in [-0.3, -0.25) is 0 Å².